The van der Waals surface area contributed by atoms with E-state index in [2.05, 4.69) is 4.98 Å². The third kappa shape index (κ3) is 4.19. The van der Waals surface area contributed by atoms with E-state index in [-0.39, 0.29) is 11.1 Å². The second-order valence-corrected chi connectivity index (χ2v) is 9.35. The number of aromatic nitrogens is 3. The molecule has 4 aromatic rings. The van der Waals surface area contributed by atoms with E-state index in [1.807, 2.05) is 19.1 Å². The van der Waals surface area contributed by atoms with Crippen molar-refractivity contribution in [1.82, 2.24) is 14.4 Å². The fourth-order valence-corrected chi connectivity index (χ4v) is 4.21. The Morgan fingerprint density at radius 1 is 1.06 bits per heavy atom. The second-order valence-electron chi connectivity index (χ2n) is 8.60. The van der Waals surface area contributed by atoms with Crippen LogP contribution >= 0.6 is 23.2 Å². The van der Waals surface area contributed by atoms with Crippen LogP contribution in [0.15, 0.2) is 36.5 Å². The van der Waals surface area contributed by atoms with Crippen LogP contribution in [0.4, 0.5) is 16.3 Å². The van der Waals surface area contributed by atoms with Gasteiger partial charge >= 0.3 is 6.09 Å². The molecule has 0 atom stereocenters. The molecule has 8 nitrogen and oxygen atoms in total. The standard InChI is InChI=1S/C24H24Cl2N4O4/c1-13-8-7-9-14(25)20(13)30(23(31)34-24(2,3)4)21-17-12-27-22(26)29(17)16-11-19(33-6)18(32-5)10-15(16)28-21/h7-12H,1-6H3. The average Bonchev–Trinajstić information content (AvgIpc) is 3.15. The number of nitrogens with zero attached hydrogens (tertiary/aromatic N) is 4. The predicted molar refractivity (Wildman–Crippen MR) is 133 cm³/mol. The van der Waals surface area contributed by atoms with Gasteiger partial charge < -0.3 is 14.2 Å². The Labute approximate surface area is 207 Å². The summed E-state index contributed by atoms with van der Waals surface area (Å²) in [4.78, 5) is 24.0. The number of rotatable bonds is 4. The lowest BCUT2D eigenvalue weighted by atomic mass is 10.1. The number of hydrogen-bond donors (Lipinski definition) is 0. The highest BCUT2D eigenvalue weighted by Crippen LogP contribution is 2.40. The Kier molecular flexibility index (Phi) is 6.22. The lowest BCUT2D eigenvalue weighted by Crippen LogP contribution is -2.35. The van der Waals surface area contributed by atoms with Crippen LogP contribution in [-0.2, 0) is 4.74 Å². The number of amides is 1. The van der Waals surface area contributed by atoms with Gasteiger partial charge in [0, 0.05) is 12.1 Å². The van der Waals surface area contributed by atoms with Gasteiger partial charge in [0.2, 0.25) is 5.28 Å². The van der Waals surface area contributed by atoms with Crippen LogP contribution in [0.25, 0.3) is 16.6 Å². The van der Waals surface area contributed by atoms with Crippen LogP contribution in [0, 0.1) is 6.92 Å². The van der Waals surface area contributed by atoms with Crippen molar-refractivity contribution in [3.05, 3.63) is 52.4 Å². The van der Waals surface area contributed by atoms with Gasteiger partial charge in [-0.1, -0.05) is 23.7 Å². The summed E-state index contributed by atoms with van der Waals surface area (Å²) in [6.07, 6.45) is 0.903. The molecule has 0 fully saturated rings. The number of anilines is 2. The van der Waals surface area contributed by atoms with Gasteiger partial charge in [-0.3, -0.25) is 4.40 Å². The van der Waals surface area contributed by atoms with E-state index in [4.69, 9.17) is 42.4 Å². The van der Waals surface area contributed by atoms with E-state index in [9.17, 15) is 4.79 Å². The van der Waals surface area contributed by atoms with Crippen molar-refractivity contribution in [2.24, 2.45) is 0 Å². The molecule has 10 heteroatoms. The van der Waals surface area contributed by atoms with E-state index in [1.54, 1.807) is 56.7 Å². The Morgan fingerprint density at radius 2 is 1.74 bits per heavy atom. The number of halogens is 2. The number of imidazole rings is 1. The van der Waals surface area contributed by atoms with Crippen molar-refractivity contribution < 1.29 is 19.0 Å². The Hall–Kier alpha value is -3.23. The molecule has 0 N–H and O–H groups in total. The largest absolute Gasteiger partial charge is 0.493 e. The number of aryl methyl sites for hydroxylation is 1. The fourth-order valence-electron chi connectivity index (χ4n) is 3.68. The number of carbonyl (C=O) groups excluding carboxylic acids is 1. The van der Waals surface area contributed by atoms with Crippen molar-refractivity contribution >= 4 is 57.4 Å². The minimum atomic E-state index is -0.758. The van der Waals surface area contributed by atoms with Gasteiger partial charge in [-0.2, -0.15) is 0 Å². The molecule has 34 heavy (non-hydrogen) atoms. The molecule has 0 aliphatic heterocycles. The molecule has 0 unspecified atom stereocenters. The molecule has 4 rings (SSSR count). The third-order valence-electron chi connectivity index (χ3n) is 5.10. The summed E-state index contributed by atoms with van der Waals surface area (Å²) in [5, 5.41) is 0.555. The smallest absolute Gasteiger partial charge is 0.420 e. The molecule has 0 aliphatic carbocycles. The van der Waals surface area contributed by atoms with E-state index < -0.39 is 11.7 Å². The highest BCUT2D eigenvalue weighted by molar-refractivity contribution is 6.34. The maximum atomic E-state index is 13.6. The average molecular weight is 503 g/mol. The lowest BCUT2D eigenvalue weighted by Gasteiger charge is -2.29. The highest BCUT2D eigenvalue weighted by Gasteiger charge is 2.31. The Morgan fingerprint density at radius 3 is 2.35 bits per heavy atom. The fraction of sp³-hybridized carbons (Fsp3) is 0.292. The van der Waals surface area contributed by atoms with Crippen molar-refractivity contribution in [3.63, 3.8) is 0 Å². The first-order valence-corrected chi connectivity index (χ1v) is 11.2. The van der Waals surface area contributed by atoms with Crippen molar-refractivity contribution in [2.45, 2.75) is 33.3 Å². The van der Waals surface area contributed by atoms with Crippen LogP contribution in [0.2, 0.25) is 10.3 Å². The van der Waals surface area contributed by atoms with Crippen molar-refractivity contribution in [1.29, 1.82) is 0 Å². The van der Waals surface area contributed by atoms with Crippen LogP contribution < -0.4 is 14.4 Å². The molecule has 1 amide bonds. The number of hydrogen-bond acceptors (Lipinski definition) is 6. The number of fused-ring (bicyclic) bond motifs is 3. The number of benzene rings is 2. The number of methoxy groups -OCH3 is 2. The zero-order valence-corrected chi connectivity index (χ0v) is 21.2. The summed E-state index contributed by atoms with van der Waals surface area (Å²) >= 11 is 13.1. The summed E-state index contributed by atoms with van der Waals surface area (Å²) < 4.78 is 18.3. The molecule has 0 saturated heterocycles. The minimum Gasteiger partial charge on any atom is -0.493 e. The predicted octanol–water partition coefficient (Wildman–Crippen LogP) is 6.59. The van der Waals surface area contributed by atoms with Gasteiger partial charge in [-0.25, -0.2) is 19.7 Å². The van der Waals surface area contributed by atoms with E-state index >= 15 is 0 Å². The van der Waals surface area contributed by atoms with Crippen LogP contribution in [0.5, 0.6) is 11.5 Å². The number of carbonyl (C=O) groups is 1. The van der Waals surface area contributed by atoms with E-state index in [0.29, 0.717) is 38.8 Å². The molecule has 0 spiro atoms. The van der Waals surface area contributed by atoms with E-state index in [0.717, 1.165) is 5.56 Å². The first-order chi connectivity index (χ1) is 16.1. The van der Waals surface area contributed by atoms with Crippen LogP contribution in [0.1, 0.15) is 26.3 Å². The molecule has 0 bridgehead atoms. The zero-order chi connectivity index (χ0) is 24.8. The summed E-state index contributed by atoms with van der Waals surface area (Å²) in [5.74, 6) is 1.23. The van der Waals surface area contributed by atoms with Crippen molar-refractivity contribution in [3.8, 4) is 11.5 Å². The SMILES string of the molecule is COc1cc2nc(N(C(=O)OC(C)(C)C)c3c(C)cccc3Cl)c3cnc(Cl)n3c2cc1OC. The normalized spacial score (nSPS) is 11.6. The van der Waals surface area contributed by atoms with Gasteiger partial charge in [0.15, 0.2) is 17.3 Å². The number of para-hydroxylation sites is 1. The zero-order valence-electron chi connectivity index (χ0n) is 19.6. The third-order valence-corrected chi connectivity index (χ3v) is 5.67. The highest BCUT2D eigenvalue weighted by atomic mass is 35.5. The maximum Gasteiger partial charge on any atom is 0.420 e. The lowest BCUT2D eigenvalue weighted by molar-refractivity contribution is 0.0598. The molecule has 178 valence electrons. The second kappa shape index (κ2) is 8.85. The summed E-state index contributed by atoms with van der Waals surface area (Å²) in [5.41, 5.74) is 2.06. The molecular formula is C24H24Cl2N4O4. The first kappa shape index (κ1) is 23.9. The quantitative estimate of drug-likeness (QED) is 0.313. The van der Waals surface area contributed by atoms with Crippen molar-refractivity contribution in [2.75, 3.05) is 19.1 Å². The molecule has 0 saturated carbocycles. The molecule has 2 heterocycles. The van der Waals surface area contributed by atoms with Gasteiger partial charge in [0.25, 0.3) is 0 Å². The molecule has 0 aliphatic rings. The van der Waals surface area contributed by atoms with E-state index in [1.165, 1.54) is 12.0 Å². The molecule has 2 aromatic carbocycles. The summed E-state index contributed by atoms with van der Waals surface area (Å²) in [6.45, 7) is 7.23. The van der Waals surface area contributed by atoms with Gasteiger partial charge in [0.1, 0.15) is 11.1 Å². The maximum absolute atomic E-state index is 13.6. The topological polar surface area (TPSA) is 78.2 Å². The molecule has 2 aromatic heterocycles. The monoisotopic (exact) mass is 502 g/mol. The molecular weight excluding hydrogens is 479 g/mol. The van der Waals surface area contributed by atoms with Gasteiger partial charge in [0.05, 0.1) is 42.2 Å². The summed E-state index contributed by atoms with van der Waals surface area (Å²) in [7, 11) is 3.08. The van der Waals surface area contributed by atoms with Crippen LogP contribution in [-0.4, -0.2) is 40.3 Å². The summed E-state index contributed by atoms with van der Waals surface area (Å²) in [6, 6.07) is 8.83. The van der Waals surface area contributed by atoms with Crippen LogP contribution in [0.3, 0.4) is 0 Å². The Balaban J connectivity index is 2.10. The molecule has 0 radical (unpaired) electrons. The van der Waals surface area contributed by atoms with Gasteiger partial charge in [-0.05, 0) is 50.9 Å². The number of ether oxygens (including phenoxy) is 3. The minimum absolute atomic E-state index is 0.191. The van der Waals surface area contributed by atoms with Gasteiger partial charge in [-0.15, -0.1) is 0 Å². The Bertz CT molecular complexity index is 1390. The first-order valence-electron chi connectivity index (χ1n) is 10.4.